The van der Waals surface area contributed by atoms with E-state index in [4.69, 9.17) is 26.2 Å². The summed E-state index contributed by atoms with van der Waals surface area (Å²) < 4.78 is 13.9. The second-order valence-electron chi connectivity index (χ2n) is 6.30. The molecule has 0 atom stereocenters. The molecule has 0 aliphatic heterocycles. The topological polar surface area (TPSA) is 36.3 Å². The lowest BCUT2D eigenvalue weighted by molar-refractivity contribution is 0.416. The van der Waals surface area contributed by atoms with Crippen molar-refractivity contribution in [1.29, 1.82) is 0 Å². The van der Waals surface area contributed by atoms with Crippen molar-refractivity contribution in [3.8, 4) is 39.7 Å². The summed E-state index contributed by atoms with van der Waals surface area (Å²) in [5.74, 6) is 1.51. The third kappa shape index (κ3) is 3.63. The number of hydrogen-bond acceptors (Lipinski definition) is 3. The van der Waals surface area contributed by atoms with Crippen LogP contribution in [0.2, 0.25) is 5.02 Å². The average Bonchev–Trinajstić information content (AvgIpc) is 3.10. The van der Waals surface area contributed by atoms with E-state index >= 15 is 0 Å². The third-order valence-electron chi connectivity index (χ3n) is 4.62. The van der Waals surface area contributed by atoms with Crippen LogP contribution in [0.15, 0.2) is 77.3 Å². The third-order valence-corrected chi connectivity index (χ3v) is 5.63. The van der Waals surface area contributed by atoms with Crippen LogP contribution in [-0.2, 0) is 0 Å². The van der Waals surface area contributed by atoms with Gasteiger partial charge in [-0.05, 0) is 64.5 Å². The maximum atomic E-state index is 6.10. The smallest absolute Gasteiger partial charge is 0.128 e. The molecular formula is C23H18BrClN2O2. The Kier molecular flexibility index (Phi) is 5.60. The van der Waals surface area contributed by atoms with Crippen molar-refractivity contribution in [2.45, 2.75) is 0 Å². The fourth-order valence-corrected chi connectivity index (χ4v) is 4.05. The minimum Gasteiger partial charge on any atom is -0.496 e. The highest BCUT2D eigenvalue weighted by Crippen LogP contribution is 2.43. The largest absolute Gasteiger partial charge is 0.496 e. The summed E-state index contributed by atoms with van der Waals surface area (Å²) in [5.41, 5.74) is 4.36. The molecule has 3 aromatic carbocycles. The maximum Gasteiger partial charge on any atom is 0.128 e. The molecule has 0 amide bonds. The Bertz CT molecular complexity index is 1160. The molecule has 0 saturated heterocycles. The number of methoxy groups -OCH3 is 2. The van der Waals surface area contributed by atoms with Crippen molar-refractivity contribution >= 4 is 27.5 Å². The van der Waals surface area contributed by atoms with Crippen LogP contribution in [0.4, 0.5) is 0 Å². The Labute approximate surface area is 182 Å². The van der Waals surface area contributed by atoms with Gasteiger partial charge in [0.05, 0.1) is 30.1 Å². The van der Waals surface area contributed by atoms with E-state index < -0.39 is 0 Å². The van der Waals surface area contributed by atoms with Crippen LogP contribution >= 0.6 is 27.5 Å². The number of benzene rings is 3. The molecule has 1 aromatic heterocycles. The predicted octanol–water partition coefficient (Wildman–Crippen LogP) is 6.64. The van der Waals surface area contributed by atoms with Gasteiger partial charge in [0.25, 0.3) is 0 Å². The van der Waals surface area contributed by atoms with Crippen LogP contribution in [0.5, 0.6) is 11.5 Å². The summed E-state index contributed by atoms with van der Waals surface area (Å²) in [5, 5.41) is 5.60. The molecule has 0 aliphatic rings. The van der Waals surface area contributed by atoms with E-state index in [1.165, 1.54) is 0 Å². The molecule has 1 heterocycles. The minimum atomic E-state index is 0.670. The van der Waals surface area contributed by atoms with Gasteiger partial charge in [0.15, 0.2) is 0 Å². The summed E-state index contributed by atoms with van der Waals surface area (Å²) in [7, 11) is 3.32. The van der Waals surface area contributed by atoms with Crippen molar-refractivity contribution in [3.05, 3.63) is 82.3 Å². The first-order valence-corrected chi connectivity index (χ1v) is 10.1. The Morgan fingerprint density at radius 1 is 0.793 bits per heavy atom. The molecule has 0 radical (unpaired) electrons. The first-order chi connectivity index (χ1) is 14.1. The number of rotatable bonds is 5. The Morgan fingerprint density at radius 2 is 1.34 bits per heavy atom. The SMILES string of the molecule is COc1ccccc1-c1nn(-c2ccc(Cl)cc2)c(-c2ccccc2OC)c1Br. The summed E-state index contributed by atoms with van der Waals surface area (Å²) in [6, 6.07) is 23.3. The first kappa shape index (κ1) is 19.6. The zero-order valence-corrected chi connectivity index (χ0v) is 18.2. The molecule has 0 saturated carbocycles. The molecule has 6 heteroatoms. The molecule has 0 unspecified atom stereocenters. The van der Waals surface area contributed by atoms with E-state index in [2.05, 4.69) is 15.9 Å². The highest BCUT2D eigenvalue weighted by Gasteiger charge is 2.23. The normalized spacial score (nSPS) is 10.8. The van der Waals surface area contributed by atoms with Gasteiger partial charge in [-0.2, -0.15) is 5.10 Å². The van der Waals surface area contributed by atoms with Gasteiger partial charge in [0, 0.05) is 16.1 Å². The van der Waals surface area contributed by atoms with Gasteiger partial charge < -0.3 is 9.47 Å². The molecule has 146 valence electrons. The van der Waals surface area contributed by atoms with Gasteiger partial charge in [0.1, 0.15) is 17.2 Å². The van der Waals surface area contributed by atoms with Crippen LogP contribution in [0, 0.1) is 0 Å². The van der Waals surface area contributed by atoms with Crippen LogP contribution in [-0.4, -0.2) is 24.0 Å². The molecule has 29 heavy (non-hydrogen) atoms. The molecule has 4 rings (SSSR count). The summed E-state index contributed by atoms with van der Waals surface area (Å²) >= 11 is 9.89. The van der Waals surface area contributed by atoms with E-state index in [0.29, 0.717) is 5.02 Å². The Balaban J connectivity index is 2.02. The standard InChI is InChI=1S/C23H18BrClN2O2/c1-28-19-9-5-3-7-17(19)22-21(24)23(18-8-4-6-10-20(18)29-2)27(26-22)16-13-11-15(25)12-14-16/h3-14H,1-2H3. The fourth-order valence-electron chi connectivity index (χ4n) is 3.25. The monoisotopic (exact) mass is 468 g/mol. The molecule has 0 bridgehead atoms. The van der Waals surface area contributed by atoms with Crippen molar-refractivity contribution in [3.63, 3.8) is 0 Å². The second-order valence-corrected chi connectivity index (χ2v) is 7.53. The quantitative estimate of drug-likeness (QED) is 0.329. The van der Waals surface area contributed by atoms with Crippen LogP contribution in [0.1, 0.15) is 0 Å². The van der Waals surface area contributed by atoms with Crippen molar-refractivity contribution in [2.75, 3.05) is 14.2 Å². The number of hydrogen-bond donors (Lipinski definition) is 0. The van der Waals surface area contributed by atoms with Crippen molar-refractivity contribution in [1.82, 2.24) is 9.78 Å². The van der Waals surface area contributed by atoms with E-state index in [0.717, 1.165) is 44.2 Å². The second kappa shape index (κ2) is 8.31. The Morgan fingerprint density at radius 3 is 1.97 bits per heavy atom. The average molecular weight is 470 g/mol. The van der Waals surface area contributed by atoms with Gasteiger partial charge in [-0.3, -0.25) is 0 Å². The van der Waals surface area contributed by atoms with E-state index in [-0.39, 0.29) is 0 Å². The molecule has 0 spiro atoms. The highest BCUT2D eigenvalue weighted by atomic mass is 79.9. The lowest BCUT2D eigenvalue weighted by atomic mass is 10.1. The number of ether oxygens (including phenoxy) is 2. The number of para-hydroxylation sites is 2. The van der Waals surface area contributed by atoms with Gasteiger partial charge in [-0.1, -0.05) is 35.9 Å². The minimum absolute atomic E-state index is 0.670. The van der Waals surface area contributed by atoms with Gasteiger partial charge in [0.2, 0.25) is 0 Å². The van der Waals surface area contributed by atoms with E-state index in [9.17, 15) is 0 Å². The Hall–Kier alpha value is -2.76. The van der Waals surface area contributed by atoms with E-state index in [1.54, 1.807) is 14.2 Å². The van der Waals surface area contributed by atoms with Gasteiger partial charge >= 0.3 is 0 Å². The maximum absolute atomic E-state index is 6.10. The molecule has 0 N–H and O–H groups in total. The molecule has 4 nitrogen and oxygen atoms in total. The zero-order valence-electron chi connectivity index (χ0n) is 15.9. The van der Waals surface area contributed by atoms with E-state index in [1.807, 2.05) is 77.5 Å². The van der Waals surface area contributed by atoms with Gasteiger partial charge in [-0.25, -0.2) is 4.68 Å². The highest BCUT2D eigenvalue weighted by molar-refractivity contribution is 9.10. The molecular weight excluding hydrogens is 452 g/mol. The predicted molar refractivity (Wildman–Crippen MR) is 120 cm³/mol. The summed E-state index contributed by atoms with van der Waals surface area (Å²) in [6.07, 6.45) is 0. The summed E-state index contributed by atoms with van der Waals surface area (Å²) in [6.45, 7) is 0. The summed E-state index contributed by atoms with van der Waals surface area (Å²) in [4.78, 5) is 0. The number of nitrogens with zero attached hydrogens (tertiary/aromatic N) is 2. The zero-order chi connectivity index (χ0) is 20.4. The fraction of sp³-hybridized carbons (Fsp3) is 0.0870. The van der Waals surface area contributed by atoms with Crippen LogP contribution < -0.4 is 9.47 Å². The lowest BCUT2D eigenvalue weighted by Crippen LogP contribution is -2.00. The molecule has 0 aliphatic carbocycles. The number of aromatic nitrogens is 2. The molecule has 0 fully saturated rings. The van der Waals surface area contributed by atoms with Crippen molar-refractivity contribution in [2.24, 2.45) is 0 Å². The number of halogens is 2. The van der Waals surface area contributed by atoms with Crippen LogP contribution in [0.25, 0.3) is 28.2 Å². The van der Waals surface area contributed by atoms with Crippen LogP contribution in [0.3, 0.4) is 0 Å². The lowest BCUT2D eigenvalue weighted by Gasteiger charge is -2.12. The first-order valence-electron chi connectivity index (χ1n) is 8.95. The van der Waals surface area contributed by atoms with Gasteiger partial charge in [-0.15, -0.1) is 0 Å². The van der Waals surface area contributed by atoms with Crippen molar-refractivity contribution < 1.29 is 9.47 Å². The molecule has 4 aromatic rings.